The van der Waals surface area contributed by atoms with Crippen LogP contribution in [-0.2, 0) is 6.18 Å². The Labute approximate surface area is 87.0 Å². The second-order valence-electron chi connectivity index (χ2n) is 2.78. The predicted molar refractivity (Wildman–Crippen MR) is 47.5 cm³/mol. The number of aromatic nitrogens is 5. The minimum Gasteiger partial charge on any atom is -0.357 e. The number of nitrogens with zero attached hydrogens (tertiary/aromatic N) is 5. The molecule has 2 aromatic rings. The van der Waals surface area contributed by atoms with Gasteiger partial charge >= 0.3 is 6.18 Å². The SMILES string of the molecule is CNc1nc(C(F)(F)F)c2ncnnc2n1. The third-order valence-corrected chi connectivity index (χ3v) is 1.75. The Morgan fingerprint density at radius 1 is 1.25 bits per heavy atom. The van der Waals surface area contributed by atoms with Crippen molar-refractivity contribution in [2.45, 2.75) is 6.18 Å². The molecule has 0 bridgehead atoms. The van der Waals surface area contributed by atoms with Gasteiger partial charge in [-0.1, -0.05) is 0 Å². The van der Waals surface area contributed by atoms with Crippen molar-refractivity contribution in [3.63, 3.8) is 0 Å². The summed E-state index contributed by atoms with van der Waals surface area (Å²) in [6.07, 6.45) is -3.69. The van der Waals surface area contributed by atoms with Crippen molar-refractivity contribution < 1.29 is 13.2 Å². The monoisotopic (exact) mass is 230 g/mol. The van der Waals surface area contributed by atoms with E-state index < -0.39 is 17.4 Å². The third kappa shape index (κ3) is 1.71. The maximum absolute atomic E-state index is 12.6. The van der Waals surface area contributed by atoms with Crippen LogP contribution in [0.4, 0.5) is 19.1 Å². The lowest BCUT2D eigenvalue weighted by atomic mass is 10.3. The molecule has 2 rings (SSSR count). The van der Waals surface area contributed by atoms with Crippen LogP contribution in [0.2, 0.25) is 0 Å². The summed E-state index contributed by atoms with van der Waals surface area (Å²) in [5.41, 5.74) is -1.74. The molecule has 1 N–H and O–H groups in total. The van der Waals surface area contributed by atoms with Gasteiger partial charge in [0.15, 0.2) is 5.69 Å². The molecule has 0 aliphatic heterocycles. The predicted octanol–water partition coefficient (Wildman–Crippen LogP) is 0.875. The number of rotatable bonds is 1. The van der Waals surface area contributed by atoms with E-state index in [0.29, 0.717) is 0 Å². The fraction of sp³-hybridized carbons (Fsp3) is 0.286. The maximum Gasteiger partial charge on any atom is 0.435 e. The summed E-state index contributed by atoms with van der Waals surface area (Å²) in [5, 5.41) is 9.24. The molecule has 0 amide bonds. The van der Waals surface area contributed by atoms with Gasteiger partial charge in [-0.05, 0) is 0 Å². The first-order valence-corrected chi connectivity index (χ1v) is 4.12. The van der Waals surface area contributed by atoms with Gasteiger partial charge in [0.1, 0.15) is 11.8 Å². The molecule has 0 radical (unpaired) electrons. The Morgan fingerprint density at radius 2 is 2.00 bits per heavy atom. The van der Waals surface area contributed by atoms with Gasteiger partial charge in [-0.15, -0.1) is 10.2 Å². The molecule has 0 atom stereocenters. The van der Waals surface area contributed by atoms with E-state index >= 15 is 0 Å². The highest BCUT2D eigenvalue weighted by Gasteiger charge is 2.36. The first kappa shape index (κ1) is 10.5. The molecule has 0 unspecified atom stereocenters. The van der Waals surface area contributed by atoms with E-state index in [-0.39, 0.29) is 11.6 Å². The highest BCUT2D eigenvalue weighted by atomic mass is 19.4. The topological polar surface area (TPSA) is 76.5 Å². The molecule has 0 saturated heterocycles. The van der Waals surface area contributed by atoms with E-state index in [9.17, 15) is 13.2 Å². The van der Waals surface area contributed by atoms with Crippen LogP contribution in [0.1, 0.15) is 5.69 Å². The second kappa shape index (κ2) is 3.51. The van der Waals surface area contributed by atoms with E-state index in [1.54, 1.807) is 0 Å². The number of halogens is 3. The van der Waals surface area contributed by atoms with Crippen LogP contribution in [-0.4, -0.2) is 32.2 Å². The van der Waals surface area contributed by atoms with Crippen LogP contribution in [0.15, 0.2) is 6.33 Å². The molecule has 16 heavy (non-hydrogen) atoms. The lowest BCUT2D eigenvalue weighted by molar-refractivity contribution is -0.139. The standard InChI is InChI=1S/C7H5F3N6/c1-11-6-14-4(7(8,9)10)3-5(15-6)16-13-2-12-3/h2H,1H3,(H,11,14,15,16). The summed E-state index contributed by atoms with van der Waals surface area (Å²) < 4.78 is 37.9. The van der Waals surface area contributed by atoms with Crippen LogP contribution in [0.3, 0.4) is 0 Å². The number of hydrogen-bond donors (Lipinski definition) is 1. The van der Waals surface area contributed by atoms with E-state index in [0.717, 1.165) is 6.33 Å². The van der Waals surface area contributed by atoms with Crippen molar-refractivity contribution in [2.75, 3.05) is 12.4 Å². The average molecular weight is 230 g/mol. The number of fused-ring (bicyclic) bond motifs is 1. The zero-order valence-electron chi connectivity index (χ0n) is 7.95. The maximum atomic E-state index is 12.6. The van der Waals surface area contributed by atoms with Crippen LogP contribution in [0.25, 0.3) is 11.2 Å². The molecular weight excluding hydrogens is 225 g/mol. The minimum atomic E-state index is -4.61. The molecule has 0 fully saturated rings. The summed E-state index contributed by atoms with van der Waals surface area (Å²) in [4.78, 5) is 10.5. The third-order valence-electron chi connectivity index (χ3n) is 1.75. The van der Waals surface area contributed by atoms with Crippen molar-refractivity contribution in [2.24, 2.45) is 0 Å². The van der Waals surface area contributed by atoms with Crippen LogP contribution in [0.5, 0.6) is 0 Å². The molecule has 6 nitrogen and oxygen atoms in total. The Bertz CT molecular complexity index is 525. The molecule has 84 valence electrons. The minimum absolute atomic E-state index is 0.179. The van der Waals surface area contributed by atoms with Gasteiger partial charge in [0.2, 0.25) is 11.6 Å². The Kier molecular flexibility index (Phi) is 2.29. The molecular formula is C7H5F3N6. The first-order chi connectivity index (χ1) is 7.52. The van der Waals surface area contributed by atoms with E-state index in [4.69, 9.17) is 0 Å². The van der Waals surface area contributed by atoms with Crippen LogP contribution >= 0.6 is 0 Å². The zero-order valence-corrected chi connectivity index (χ0v) is 7.95. The number of hydrogen-bond acceptors (Lipinski definition) is 6. The molecule has 0 aliphatic carbocycles. The average Bonchev–Trinajstić information content (AvgIpc) is 2.26. The molecule has 0 aliphatic rings. The van der Waals surface area contributed by atoms with Gasteiger partial charge in [-0.2, -0.15) is 18.2 Å². The molecule has 9 heteroatoms. The van der Waals surface area contributed by atoms with E-state index in [1.165, 1.54) is 7.05 Å². The summed E-state index contributed by atoms with van der Waals surface area (Å²) >= 11 is 0. The fourth-order valence-electron chi connectivity index (χ4n) is 1.11. The molecule has 0 saturated carbocycles. The Balaban J connectivity index is 2.79. The summed E-state index contributed by atoms with van der Waals surface area (Å²) in [7, 11) is 1.41. The van der Waals surface area contributed by atoms with Crippen molar-refractivity contribution >= 4 is 17.1 Å². The van der Waals surface area contributed by atoms with E-state index in [1.807, 2.05) is 0 Å². The van der Waals surface area contributed by atoms with Gasteiger partial charge < -0.3 is 5.32 Å². The van der Waals surface area contributed by atoms with Crippen molar-refractivity contribution in [3.8, 4) is 0 Å². The van der Waals surface area contributed by atoms with Crippen molar-refractivity contribution in [1.29, 1.82) is 0 Å². The van der Waals surface area contributed by atoms with Gasteiger partial charge in [0.25, 0.3) is 0 Å². The number of alkyl halides is 3. The number of anilines is 1. The molecule has 0 aromatic carbocycles. The number of nitrogens with one attached hydrogen (secondary N) is 1. The van der Waals surface area contributed by atoms with Gasteiger partial charge in [-0.25, -0.2) is 9.97 Å². The summed E-state index contributed by atoms with van der Waals surface area (Å²) in [5.74, 6) is -0.179. The fourth-order valence-corrected chi connectivity index (χ4v) is 1.11. The Morgan fingerprint density at radius 3 is 2.62 bits per heavy atom. The second-order valence-corrected chi connectivity index (χ2v) is 2.78. The largest absolute Gasteiger partial charge is 0.435 e. The first-order valence-electron chi connectivity index (χ1n) is 4.12. The lowest BCUT2D eigenvalue weighted by Gasteiger charge is -2.08. The van der Waals surface area contributed by atoms with Gasteiger partial charge in [-0.3, -0.25) is 0 Å². The van der Waals surface area contributed by atoms with Gasteiger partial charge in [0, 0.05) is 7.05 Å². The van der Waals surface area contributed by atoms with Crippen molar-refractivity contribution in [3.05, 3.63) is 12.0 Å². The van der Waals surface area contributed by atoms with Crippen LogP contribution < -0.4 is 5.32 Å². The van der Waals surface area contributed by atoms with Crippen molar-refractivity contribution in [1.82, 2.24) is 25.1 Å². The summed E-state index contributed by atoms with van der Waals surface area (Å²) in [6.45, 7) is 0. The van der Waals surface area contributed by atoms with Gasteiger partial charge in [0.05, 0.1) is 0 Å². The Hall–Kier alpha value is -2.06. The molecule has 2 heterocycles. The highest BCUT2D eigenvalue weighted by molar-refractivity contribution is 5.73. The highest BCUT2D eigenvalue weighted by Crippen LogP contribution is 2.31. The quantitative estimate of drug-likeness (QED) is 0.783. The normalized spacial score (nSPS) is 11.8. The smallest absolute Gasteiger partial charge is 0.357 e. The molecule has 0 spiro atoms. The van der Waals surface area contributed by atoms with E-state index in [2.05, 4.69) is 30.5 Å². The lowest BCUT2D eigenvalue weighted by Crippen LogP contribution is -2.13. The summed E-state index contributed by atoms with van der Waals surface area (Å²) in [6, 6.07) is 0. The molecule has 2 aromatic heterocycles. The van der Waals surface area contributed by atoms with Crippen LogP contribution in [0, 0.1) is 0 Å². The zero-order chi connectivity index (χ0) is 11.8.